The predicted molar refractivity (Wildman–Crippen MR) is 74.1 cm³/mol. The molecule has 0 atom stereocenters. The molecule has 0 saturated carbocycles. The third kappa shape index (κ3) is 1.96. The van der Waals surface area contributed by atoms with E-state index in [1.807, 2.05) is 18.2 Å². The van der Waals surface area contributed by atoms with Gasteiger partial charge in [0, 0.05) is 16.8 Å². The third-order valence-electron chi connectivity index (χ3n) is 3.20. The van der Waals surface area contributed by atoms with Crippen LogP contribution >= 0.6 is 11.8 Å². The highest BCUT2D eigenvalue weighted by molar-refractivity contribution is 7.99. The van der Waals surface area contributed by atoms with Gasteiger partial charge in [0.15, 0.2) is 0 Å². The van der Waals surface area contributed by atoms with E-state index < -0.39 is 5.97 Å². The van der Waals surface area contributed by atoms with Gasteiger partial charge < -0.3 is 14.8 Å². The Morgan fingerprint density at radius 3 is 2.65 bits per heavy atom. The molecule has 2 aromatic carbocycles. The quantitative estimate of drug-likeness (QED) is 0.801. The van der Waals surface area contributed by atoms with Gasteiger partial charge in [0.25, 0.3) is 5.91 Å². The fraction of sp³-hybridized carbons (Fsp3) is 0.0667. The Kier molecular flexibility index (Phi) is 2.99. The van der Waals surface area contributed by atoms with Crippen LogP contribution in [0.25, 0.3) is 0 Å². The second kappa shape index (κ2) is 4.68. The summed E-state index contributed by atoms with van der Waals surface area (Å²) < 4.78 is 0. The van der Waals surface area contributed by atoms with Crippen molar-refractivity contribution < 1.29 is 14.7 Å². The molecule has 0 N–H and O–H groups in total. The van der Waals surface area contributed by atoms with Crippen LogP contribution in [0.2, 0.25) is 0 Å². The Morgan fingerprint density at radius 1 is 1.15 bits per heavy atom. The standard InChI is InChI=1S/C15H11NO3S/c1-16-11-8-9(15(18)19)6-7-13(11)20-12-5-3-2-4-10(12)14(16)17/h2-8H,1H3,(H,18,19)/p-1. The normalized spacial score (nSPS) is 13.4. The fourth-order valence-electron chi connectivity index (χ4n) is 2.13. The maximum atomic E-state index is 12.4. The first-order valence-electron chi connectivity index (χ1n) is 5.98. The zero-order valence-corrected chi connectivity index (χ0v) is 11.4. The highest BCUT2D eigenvalue weighted by atomic mass is 32.2. The van der Waals surface area contributed by atoms with Crippen LogP contribution in [-0.2, 0) is 0 Å². The molecule has 4 nitrogen and oxygen atoms in total. The van der Waals surface area contributed by atoms with Crippen LogP contribution in [0.15, 0.2) is 52.3 Å². The minimum atomic E-state index is -1.25. The SMILES string of the molecule is CN1C(=O)c2ccccc2Sc2ccc(C(=O)[O-])cc21. The second-order valence-corrected chi connectivity index (χ2v) is 5.52. The van der Waals surface area contributed by atoms with Crippen LogP contribution in [-0.4, -0.2) is 18.9 Å². The van der Waals surface area contributed by atoms with Crippen molar-refractivity contribution in [3.63, 3.8) is 0 Å². The van der Waals surface area contributed by atoms with Gasteiger partial charge in [0.1, 0.15) is 0 Å². The van der Waals surface area contributed by atoms with Gasteiger partial charge in [-0.2, -0.15) is 0 Å². The molecule has 0 aliphatic carbocycles. The molecule has 0 fully saturated rings. The second-order valence-electron chi connectivity index (χ2n) is 4.43. The number of amides is 1. The maximum absolute atomic E-state index is 12.4. The Morgan fingerprint density at radius 2 is 1.90 bits per heavy atom. The number of fused-ring (bicyclic) bond motifs is 2. The van der Waals surface area contributed by atoms with E-state index in [0.29, 0.717) is 11.3 Å². The molecule has 0 spiro atoms. The van der Waals surface area contributed by atoms with E-state index >= 15 is 0 Å². The minimum absolute atomic E-state index is 0.0648. The fourth-order valence-corrected chi connectivity index (χ4v) is 3.22. The Bertz CT molecular complexity index is 727. The van der Waals surface area contributed by atoms with Gasteiger partial charge in [0.05, 0.1) is 17.2 Å². The lowest BCUT2D eigenvalue weighted by Gasteiger charge is -2.18. The first-order chi connectivity index (χ1) is 9.58. The number of aromatic carboxylic acids is 1. The number of carboxylic acid groups (broad SMARTS) is 1. The zero-order chi connectivity index (χ0) is 14.3. The lowest BCUT2D eigenvalue weighted by atomic mass is 10.1. The number of nitrogens with zero attached hydrogens (tertiary/aromatic N) is 1. The van der Waals surface area contributed by atoms with Crippen molar-refractivity contribution in [3.8, 4) is 0 Å². The average molecular weight is 284 g/mol. The summed E-state index contributed by atoms with van der Waals surface area (Å²) in [6, 6.07) is 12.0. The molecular formula is C15H10NO3S-. The monoisotopic (exact) mass is 284 g/mol. The molecule has 5 heteroatoms. The summed E-state index contributed by atoms with van der Waals surface area (Å²) in [5.74, 6) is -1.40. The highest BCUT2D eigenvalue weighted by Crippen LogP contribution is 2.40. The van der Waals surface area contributed by atoms with E-state index in [2.05, 4.69) is 0 Å². The molecule has 0 radical (unpaired) electrons. The number of rotatable bonds is 1. The van der Waals surface area contributed by atoms with Crippen molar-refractivity contribution in [2.75, 3.05) is 11.9 Å². The summed E-state index contributed by atoms with van der Waals surface area (Å²) in [7, 11) is 1.64. The molecule has 0 unspecified atom stereocenters. The lowest BCUT2D eigenvalue weighted by Crippen LogP contribution is -2.27. The molecule has 1 heterocycles. The van der Waals surface area contributed by atoms with Crippen molar-refractivity contribution in [2.45, 2.75) is 9.79 Å². The number of hydrogen-bond acceptors (Lipinski definition) is 4. The molecule has 0 bridgehead atoms. The maximum Gasteiger partial charge on any atom is 0.259 e. The number of carbonyl (C=O) groups excluding carboxylic acids is 2. The third-order valence-corrected chi connectivity index (χ3v) is 4.34. The van der Waals surface area contributed by atoms with Crippen LogP contribution in [0.1, 0.15) is 20.7 Å². The Hall–Kier alpha value is -2.27. The van der Waals surface area contributed by atoms with Crippen LogP contribution in [0, 0.1) is 0 Å². The van der Waals surface area contributed by atoms with Crippen molar-refractivity contribution in [2.24, 2.45) is 0 Å². The first kappa shape index (κ1) is 12.7. The minimum Gasteiger partial charge on any atom is -0.545 e. The Balaban J connectivity index is 2.19. The van der Waals surface area contributed by atoms with Gasteiger partial charge in [-0.15, -0.1) is 0 Å². The number of benzene rings is 2. The number of carboxylic acids is 1. The Labute approximate surface area is 120 Å². The number of hydrogen-bond donors (Lipinski definition) is 0. The largest absolute Gasteiger partial charge is 0.545 e. The molecule has 1 aliphatic heterocycles. The molecule has 0 saturated heterocycles. The van der Waals surface area contributed by atoms with Gasteiger partial charge in [0.2, 0.25) is 0 Å². The van der Waals surface area contributed by atoms with Crippen LogP contribution in [0.5, 0.6) is 0 Å². The zero-order valence-electron chi connectivity index (χ0n) is 10.6. The summed E-state index contributed by atoms with van der Waals surface area (Å²) >= 11 is 1.46. The van der Waals surface area contributed by atoms with Crippen LogP contribution in [0.3, 0.4) is 0 Å². The predicted octanol–water partition coefficient (Wildman–Crippen LogP) is 1.79. The summed E-state index contributed by atoms with van der Waals surface area (Å²) in [5.41, 5.74) is 1.26. The average Bonchev–Trinajstić information content (AvgIpc) is 2.55. The van der Waals surface area contributed by atoms with Gasteiger partial charge in [-0.05, 0) is 29.8 Å². The molecule has 1 amide bonds. The smallest absolute Gasteiger partial charge is 0.259 e. The van der Waals surface area contributed by atoms with Crippen molar-refractivity contribution in [1.29, 1.82) is 0 Å². The van der Waals surface area contributed by atoms with E-state index in [1.54, 1.807) is 19.2 Å². The molecule has 20 heavy (non-hydrogen) atoms. The van der Waals surface area contributed by atoms with E-state index in [4.69, 9.17) is 0 Å². The van der Waals surface area contributed by atoms with Crippen LogP contribution < -0.4 is 10.0 Å². The van der Waals surface area contributed by atoms with Gasteiger partial charge in [-0.3, -0.25) is 4.79 Å². The van der Waals surface area contributed by atoms with E-state index in [9.17, 15) is 14.7 Å². The van der Waals surface area contributed by atoms with Gasteiger partial charge in [-0.1, -0.05) is 30.0 Å². The van der Waals surface area contributed by atoms with Crippen molar-refractivity contribution >= 4 is 29.3 Å². The molecule has 0 aromatic heterocycles. The molecule has 100 valence electrons. The van der Waals surface area contributed by atoms with E-state index in [1.165, 1.54) is 28.8 Å². The van der Waals surface area contributed by atoms with Crippen molar-refractivity contribution in [3.05, 3.63) is 53.6 Å². The van der Waals surface area contributed by atoms with Crippen LogP contribution in [0.4, 0.5) is 5.69 Å². The van der Waals surface area contributed by atoms with Gasteiger partial charge >= 0.3 is 0 Å². The summed E-state index contributed by atoms with van der Waals surface area (Å²) in [6.45, 7) is 0. The lowest BCUT2D eigenvalue weighted by molar-refractivity contribution is -0.255. The summed E-state index contributed by atoms with van der Waals surface area (Å²) in [6.07, 6.45) is 0. The van der Waals surface area contributed by atoms with Crippen molar-refractivity contribution in [1.82, 2.24) is 0 Å². The molecule has 2 aromatic rings. The molecular weight excluding hydrogens is 274 g/mol. The molecule has 3 rings (SSSR count). The number of carbonyl (C=O) groups is 2. The summed E-state index contributed by atoms with van der Waals surface area (Å²) in [5, 5.41) is 11.0. The van der Waals surface area contributed by atoms with E-state index in [0.717, 1.165) is 9.79 Å². The van der Waals surface area contributed by atoms with Gasteiger partial charge in [-0.25, -0.2) is 0 Å². The molecule has 1 aliphatic rings. The number of anilines is 1. The first-order valence-corrected chi connectivity index (χ1v) is 6.80. The topological polar surface area (TPSA) is 60.4 Å². The highest BCUT2D eigenvalue weighted by Gasteiger charge is 2.24. The summed E-state index contributed by atoms with van der Waals surface area (Å²) in [4.78, 5) is 26.6. The van der Waals surface area contributed by atoms with E-state index in [-0.39, 0.29) is 11.5 Å².